The summed E-state index contributed by atoms with van der Waals surface area (Å²) < 4.78 is 14.6. The van der Waals surface area contributed by atoms with Crippen molar-refractivity contribution in [3.05, 3.63) is 48.4 Å². The summed E-state index contributed by atoms with van der Waals surface area (Å²) in [6.07, 6.45) is 1.88. The van der Waals surface area contributed by atoms with E-state index < -0.39 is 0 Å². The largest absolute Gasteiger partial charge is 0.277 e. The molecule has 84 valence electrons. The molecule has 17 heavy (non-hydrogen) atoms. The van der Waals surface area contributed by atoms with Crippen LogP contribution in [0.5, 0.6) is 0 Å². The highest BCUT2D eigenvalue weighted by molar-refractivity contribution is 7.80. The summed E-state index contributed by atoms with van der Waals surface area (Å²) in [6, 6.07) is 10.1. The minimum atomic E-state index is -0.242. The van der Waals surface area contributed by atoms with E-state index in [2.05, 4.69) is 22.8 Å². The summed E-state index contributed by atoms with van der Waals surface area (Å²) in [6.45, 7) is 0. The molecule has 3 rings (SSSR count). The standard InChI is InChI=1S/C12H8FN3S/c13-10-4-1-8(2-5-10)9-3-6-11-14-15-12(17)16(11)7-9/h1-7H,(H,15,17). The Morgan fingerprint density at radius 1 is 0.941 bits per heavy atom. The molecule has 0 amide bonds. The predicted octanol–water partition coefficient (Wildman–Crippen LogP) is 2.82. The van der Waals surface area contributed by atoms with Gasteiger partial charge in [0.2, 0.25) is 0 Å². The highest BCUT2D eigenvalue weighted by atomic mass is 32.1. The molecular weight excluding hydrogens is 237 g/mol. The summed E-state index contributed by atoms with van der Waals surface area (Å²) in [5, 5.41) is 8.34. The molecule has 0 saturated heterocycles. The van der Waals surface area contributed by atoms with Crippen LogP contribution >= 0.6 is 12.6 Å². The zero-order chi connectivity index (χ0) is 11.8. The summed E-state index contributed by atoms with van der Waals surface area (Å²) in [5.41, 5.74) is 2.64. The number of fused-ring (bicyclic) bond motifs is 1. The van der Waals surface area contributed by atoms with Gasteiger partial charge in [0.1, 0.15) is 5.82 Å². The Bertz CT molecular complexity index is 676. The number of aromatic nitrogens is 3. The fourth-order valence-corrected chi connectivity index (χ4v) is 1.90. The molecule has 0 saturated carbocycles. The van der Waals surface area contributed by atoms with Crippen molar-refractivity contribution in [1.82, 2.24) is 14.6 Å². The van der Waals surface area contributed by atoms with E-state index >= 15 is 0 Å². The number of thiol groups is 1. The van der Waals surface area contributed by atoms with Gasteiger partial charge in [-0.25, -0.2) is 4.39 Å². The molecule has 0 atom stereocenters. The van der Waals surface area contributed by atoms with E-state index in [1.165, 1.54) is 12.1 Å². The molecule has 0 aliphatic carbocycles. The number of benzene rings is 1. The molecule has 0 radical (unpaired) electrons. The second-order valence-corrected chi connectivity index (χ2v) is 4.05. The molecule has 2 heterocycles. The number of nitrogens with zero attached hydrogens (tertiary/aromatic N) is 3. The molecule has 2 aromatic heterocycles. The number of halogens is 1. The highest BCUT2D eigenvalue weighted by Gasteiger charge is 2.04. The minimum Gasteiger partial charge on any atom is -0.277 e. The zero-order valence-corrected chi connectivity index (χ0v) is 9.60. The first-order valence-electron chi connectivity index (χ1n) is 5.04. The maximum Gasteiger partial charge on any atom is 0.192 e. The molecule has 5 heteroatoms. The van der Waals surface area contributed by atoms with E-state index in [4.69, 9.17) is 0 Å². The van der Waals surface area contributed by atoms with Gasteiger partial charge in [0.05, 0.1) is 0 Å². The smallest absolute Gasteiger partial charge is 0.192 e. The monoisotopic (exact) mass is 245 g/mol. The molecule has 1 aromatic carbocycles. The number of hydrogen-bond donors (Lipinski definition) is 1. The van der Waals surface area contributed by atoms with Gasteiger partial charge in [-0.3, -0.25) is 4.40 Å². The van der Waals surface area contributed by atoms with Crippen LogP contribution in [0.3, 0.4) is 0 Å². The quantitative estimate of drug-likeness (QED) is 0.668. The Morgan fingerprint density at radius 2 is 1.65 bits per heavy atom. The average molecular weight is 245 g/mol. The summed E-state index contributed by atoms with van der Waals surface area (Å²) in [7, 11) is 0. The van der Waals surface area contributed by atoms with Crippen molar-refractivity contribution in [2.24, 2.45) is 0 Å². The van der Waals surface area contributed by atoms with Crippen LogP contribution in [-0.4, -0.2) is 14.6 Å². The first kappa shape index (κ1) is 10.3. The first-order chi connectivity index (χ1) is 8.24. The lowest BCUT2D eigenvalue weighted by atomic mass is 10.1. The summed E-state index contributed by atoms with van der Waals surface area (Å²) in [5.74, 6) is -0.242. The zero-order valence-electron chi connectivity index (χ0n) is 8.71. The molecule has 0 spiro atoms. The van der Waals surface area contributed by atoms with Gasteiger partial charge in [0.25, 0.3) is 0 Å². The lowest BCUT2D eigenvalue weighted by molar-refractivity contribution is 0.628. The van der Waals surface area contributed by atoms with Crippen LogP contribution < -0.4 is 0 Å². The van der Waals surface area contributed by atoms with Gasteiger partial charge in [0.15, 0.2) is 10.8 Å². The SMILES string of the molecule is Fc1ccc(-c2ccc3nnc(S)n3c2)cc1. The van der Waals surface area contributed by atoms with Gasteiger partial charge in [-0.2, -0.15) is 0 Å². The number of rotatable bonds is 1. The van der Waals surface area contributed by atoms with Gasteiger partial charge in [-0.1, -0.05) is 12.1 Å². The molecule has 0 bridgehead atoms. The van der Waals surface area contributed by atoms with Crippen molar-refractivity contribution in [3.63, 3.8) is 0 Å². The molecule has 0 aliphatic rings. The van der Waals surface area contributed by atoms with Crippen molar-refractivity contribution in [3.8, 4) is 11.1 Å². The van der Waals surface area contributed by atoms with Crippen molar-refractivity contribution in [2.45, 2.75) is 5.16 Å². The average Bonchev–Trinajstić information content (AvgIpc) is 2.72. The topological polar surface area (TPSA) is 30.2 Å². The van der Waals surface area contributed by atoms with Crippen molar-refractivity contribution >= 4 is 18.3 Å². The normalized spacial score (nSPS) is 10.9. The number of pyridine rings is 1. The minimum absolute atomic E-state index is 0.242. The summed E-state index contributed by atoms with van der Waals surface area (Å²) >= 11 is 4.21. The maximum atomic E-state index is 12.8. The van der Waals surface area contributed by atoms with Crippen molar-refractivity contribution < 1.29 is 4.39 Å². The van der Waals surface area contributed by atoms with E-state index in [1.54, 1.807) is 16.5 Å². The second-order valence-electron chi connectivity index (χ2n) is 3.65. The van der Waals surface area contributed by atoms with Crippen LogP contribution in [0.1, 0.15) is 0 Å². The van der Waals surface area contributed by atoms with Gasteiger partial charge >= 0.3 is 0 Å². The number of hydrogen-bond acceptors (Lipinski definition) is 3. The van der Waals surface area contributed by atoms with E-state index in [1.807, 2.05) is 18.3 Å². The van der Waals surface area contributed by atoms with E-state index in [-0.39, 0.29) is 5.82 Å². The Hall–Kier alpha value is -1.88. The Kier molecular flexibility index (Phi) is 2.33. The highest BCUT2D eigenvalue weighted by Crippen LogP contribution is 2.21. The fourth-order valence-electron chi connectivity index (χ4n) is 1.69. The molecule has 0 aliphatic heterocycles. The van der Waals surface area contributed by atoms with Gasteiger partial charge in [-0.05, 0) is 35.4 Å². The molecular formula is C12H8FN3S. The van der Waals surface area contributed by atoms with Crippen LogP contribution in [0.4, 0.5) is 4.39 Å². The molecule has 3 aromatic rings. The fraction of sp³-hybridized carbons (Fsp3) is 0. The second kappa shape index (κ2) is 3.85. The molecule has 0 unspecified atom stereocenters. The van der Waals surface area contributed by atoms with E-state index in [9.17, 15) is 4.39 Å². The van der Waals surface area contributed by atoms with Crippen LogP contribution in [-0.2, 0) is 0 Å². The van der Waals surface area contributed by atoms with E-state index in [0.29, 0.717) is 5.16 Å². The summed E-state index contributed by atoms with van der Waals surface area (Å²) in [4.78, 5) is 0. The maximum absolute atomic E-state index is 12.8. The van der Waals surface area contributed by atoms with Crippen LogP contribution in [0.25, 0.3) is 16.8 Å². The van der Waals surface area contributed by atoms with Crippen molar-refractivity contribution in [2.75, 3.05) is 0 Å². The Morgan fingerprint density at radius 3 is 2.41 bits per heavy atom. The van der Waals surface area contributed by atoms with E-state index in [0.717, 1.165) is 16.8 Å². The first-order valence-corrected chi connectivity index (χ1v) is 5.48. The third kappa shape index (κ3) is 1.78. The molecule has 0 N–H and O–H groups in total. The van der Waals surface area contributed by atoms with Gasteiger partial charge < -0.3 is 0 Å². The van der Waals surface area contributed by atoms with Crippen LogP contribution in [0.15, 0.2) is 47.8 Å². The van der Waals surface area contributed by atoms with Gasteiger partial charge in [0, 0.05) is 6.20 Å². The Balaban J connectivity index is 2.17. The van der Waals surface area contributed by atoms with Gasteiger partial charge in [-0.15, -0.1) is 22.8 Å². The third-order valence-corrected chi connectivity index (χ3v) is 2.87. The molecule has 3 nitrogen and oxygen atoms in total. The van der Waals surface area contributed by atoms with Crippen LogP contribution in [0.2, 0.25) is 0 Å². The third-order valence-electron chi connectivity index (χ3n) is 2.56. The predicted molar refractivity (Wildman–Crippen MR) is 65.6 cm³/mol. The Labute approximate surface area is 102 Å². The van der Waals surface area contributed by atoms with Crippen LogP contribution in [0, 0.1) is 5.82 Å². The lowest BCUT2D eigenvalue weighted by Gasteiger charge is -2.02. The molecule has 0 fully saturated rings. The van der Waals surface area contributed by atoms with Crippen molar-refractivity contribution in [1.29, 1.82) is 0 Å². The lowest BCUT2D eigenvalue weighted by Crippen LogP contribution is -1.87.